The molecule has 0 radical (unpaired) electrons. The molecular formula is C15H23ClN2O2. The van der Waals surface area contributed by atoms with Gasteiger partial charge in [0, 0.05) is 13.1 Å². The third-order valence-electron chi connectivity index (χ3n) is 2.46. The lowest BCUT2D eigenvalue weighted by molar-refractivity contribution is 0.0528. The maximum atomic E-state index is 11.4. The van der Waals surface area contributed by atoms with Crippen LogP contribution >= 0.6 is 11.6 Å². The van der Waals surface area contributed by atoms with Gasteiger partial charge in [0.15, 0.2) is 0 Å². The number of benzene rings is 1. The van der Waals surface area contributed by atoms with Crippen molar-refractivity contribution in [3.63, 3.8) is 0 Å². The lowest BCUT2D eigenvalue weighted by Gasteiger charge is -2.19. The Morgan fingerprint density at radius 1 is 1.30 bits per heavy atom. The van der Waals surface area contributed by atoms with E-state index in [4.69, 9.17) is 16.3 Å². The predicted octanol–water partition coefficient (Wildman–Crippen LogP) is 3.98. The summed E-state index contributed by atoms with van der Waals surface area (Å²) in [4.78, 5) is 11.4. The number of anilines is 1. The molecule has 0 aliphatic heterocycles. The molecule has 0 unspecified atom stereocenters. The summed E-state index contributed by atoms with van der Waals surface area (Å²) >= 11 is 6.08. The fourth-order valence-electron chi connectivity index (χ4n) is 1.59. The Kier molecular flexibility index (Phi) is 6.14. The molecule has 0 saturated carbocycles. The number of nitrogens with one attached hydrogen (secondary N) is 2. The second-order valence-electron chi connectivity index (χ2n) is 5.69. The van der Waals surface area contributed by atoms with Gasteiger partial charge in [-0.1, -0.05) is 17.7 Å². The summed E-state index contributed by atoms with van der Waals surface area (Å²) in [6, 6.07) is 5.85. The SMILES string of the molecule is Cc1ccc(Cl)c(NCCCNC(=O)OC(C)(C)C)c1. The molecule has 0 fully saturated rings. The Morgan fingerprint density at radius 3 is 2.65 bits per heavy atom. The number of alkyl carbamates (subject to hydrolysis) is 1. The van der Waals surface area contributed by atoms with Gasteiger partial charge in [0.1, 0.15) is 5.60 Å². The van der Waals surface area contributed by atoms with Crippen LogP contribution in [0.4, 0.5) is 10.5 Å². The fraction of sp³-hybridized carbons (Fsp3) is 0.533. The first-order chi connectivity index (χ1) is 9.28. The minimum absolute atomic E-state index is 0.383. The van der Waals surface area contributed by atoms with E-state index in [-0.39, 0.29) is 6.09 Å². The van der Waals surface area contributed by atoms with Crippen molar-refractivity contribution in [3.05, 3.63) is 28.8 Å². The zero-order valence-electron chi connectivity index (χ0n) is 12.5. The van der Waals surface area contributed by atoms with Gasteiger partial charge in [0.25, 0.3) is 0 Å². The van der Waals surface area contributed by atoms with Crippen LogP contribution < -0.4 is 10.6 Å². The van der Waals surface area contributed by atoms with Crippen LogP contribution in [0.1, 0.15) is 32.8 Å². The molecule has 0 atom stereocenters. The first kappa shape index (κ1) is 16.6. The number of ether oxygens (including phenoxy) is 1. The number of carbonyl (C=O) groups excluding carboxylic acids is 1. The molecule has 0 aliphatic rings. The summed E-state index contributed by atoms with van der Waals surface area (Å²) in [5.74, 6) is 0. The smallest absolute Gasteiger partial charge is 0.407 e. The highest BCUT2D eigenvalue weighted by Crippen LogP contribution is 2.22. The highest BCUT2D eigenvalue weighted by atomic mass is 35.5. The highest BCUT2D eigenvalue weighted by Gasteiger charge is 2.15. The van der Waals surface area contributed by atoms with Crippen LogP contribution in [0.5, 0.6) is 0 Å². The van der Waals surface area contributed by atoms with Gasteiger partial charge >= 0.3 is 6.09 Å². The van der Waals surface area contributed by atoms with Crippen LogP contribution in [-0.4, -0.2) is 24.8 Å². The molecule has 0 aromatic heterocycles. The average molecular weight is 299 g/mol. The largest absolute Gasteiger partial charge is 0.444 e. The van der Waals surface area contributed by atoms with Crippen molar-refractivity contribution in [1.29, 1.82) is 0 Å². The Bertz CT molecular complexity index is 456. The molecule has 112 valence electrons. The summed E-state index contributed by atoms with van der Waals surface area (Å²) in [6.45, 7) is 8.84. The maximum absolute atomic E-state index is 11.4. The molecule has 1 aromatic carbocycles. The van der Waals surface area contributed by atoms with Gasteiger partial charge in [-0.05, 0) is 51.8 Å². The Morgan fingerprint density at radius 2 is 2.00 bits per heavy atom. The van der Waals surface area contributed by atoms with Crippen molar-refractivity contribution in [2.45, 2.75) is 39.7 Å². The maximum Gasteiger partial charge on any atom is 0.407 e. The van der Waals surface area contributed by atoms with Crippen molar-refractivity contribution >= 4 is 23.4 Å². The van der Waals surface area contributed by atoms with E-state index in [9.17, 15) is 4.79 Å². The van der Waals surface area contributed by atoms with Gasteiger partial charge in [0.05, 0.1) is 10.7 Å². The average Bonchev–Trinajstić information content (AvgIpc) is 2.30. The molecule has 4 nitrogen and oxygen atoms in total. The van der Waals surface area contributed by atoms with Crippen molar-refractivity contribution in [1.82, 2.24) is 5.32 Å². The lowest BCUT2D eigenvalue weighted by atomic mass is 10.2. The van der Waals surface area contributed by atoms with Crippen LogP contribution in [0.3, 0.4) is 0 Å². The minimum Gasteiger partial charge on any atom is -0.444 e. The Balaban J connectivity index is 2.22. The molecule has 0 saturated heterocycles. The number of rotatable bonds is 5. The van der Waals surface area contributed by atoms with E-state index in [1.807, 2.05) is 45.9 Å². The minimum atomic E-state index is -0.461. The standard InChI is InChI=1S/C15H23ClN2O2/c1-11-6-7-12(16)13(10-11)17-8-5-9-18-14(19)20-15(2,3)4/h6-7,10,17H,5,8-9H2,1-4H3,(H,18,19). The normalized spacial score (nSPS) is 11.1. The molecule has 20 heavy (non-hydrogen) atoms. The summed E-state index contributed by atoms with van der Waals surface area (Å²) in [6.07, 6.45) is 0.412. The molecule has 5 heteroatoms. The molecule has 0 heterocycles. The van der Waals surface area contributed by atoms with Crippen molar-refractivity contribution in [3.8, 4) is 0 Å². The first-order valence-corrected chi connectivity index (χ1v) is 7.12. The molecule has 1 aromatic rings. The van der Waals surface area contributed by atoms with E-state index in [1.54, 1.807) is 0 Å². The van der Waals surface area contributed by atoms with Gasteiger partial charge in [-0.15, -0.1) is 0 Å². The van der Waals surface area contributed by atoms with Gasteiger partial charge in [-0.2, -0.15) is 0 Å². The predicted molar refractivity (Wildman–Crippen MR) is 83.5 cm³/mol. The molecule has 0 bridgehead atoms. The van der Waals surface area contributed by atoms with Crippen LogP contribution in [0.2, 0.25) is 5.02 Å². The number of carbonyl (C=O) groups is 1. The van der Waals surface area contributed by atoms with Crippen molar-refractivity contribution < 1.29 is 9.53 Å². The number of hydrogen-bond donors (Lipinski definition) is 2. The van der Waals surface area contributed by atoms with Gasteiger partial charge in [-0.3, -0.25) is 0 Å². The number of hydrogen-bond acceptors (Lipinski definition) is 3. The van der Waals surface area contributed by atoms with E-state index in [0.717, 1.165) is 24.2 Å². The second kappa shape index (κ2) is 7.39. The summed E-state index contributed by atoms with van der Waals surface area (Å²) in [5, 5.41) is 6.67. The van der Waals surface area contributed by atoms with Gasteiger partial charge < -0.3 is 15.4 Å². The van der Waals surface area contributed by atoms with Crippen LogP contribution in [0.25, 0.3) is 0 Å². The van der Waals surface area contributed by atoms with Gasteiger partial charge in [0.2, 0.25) is 0 Å². The Hall–Kier alpha value is -1.42. The van der Waals surface area contributed by atoms with E-state index in [0.29, 0.717) is 11.6 Å². The summed E-state index contributed by atoms with van der Waals surface area (Å²) in [7, 11) is 0. The van der Waals surface area contributed by atoms with E-state index < -0.39 is 5.60 Å². The van der Waals surface area contributed by atoms with E-state index in [2.05, 4.69) is 10.6 Å². The molecule has 0 aliphatic carbocycles. The summed E-state index contributed by atoms with van der Waals surface area (Å²) in [5.41, 5.74) is 1.62. The lowest BCUT2D eigenvalue weighted by Crippen LogP contribution is -2.33. The third kappa shape index (κ3) is 6.66. The Labute approximate surface area is 125 Å². The molecular weight excluding hydrogens is 276 g/mol. The van der Waals surface area contributed by atoms with Crippen LogP contribution in [0, 0.1) is 6.92 Å². The molecule has 2 N–H and O–H groups in total. The number of halogens is 1. The molecule has 1 amide bonds. The first-order valence-electron chi connectivity index (χ1n) is 6.75. The number of amides is 1. The highest BCUT2D eigenvalue weighted by molar-refractivity contribution is 6.33. The zero-order chi connectivity index (χ0) is 15.2. The third-order valence-corrected chi connectivity index (χ3v) is 2.79. The second-order valence-corrected chi connectivity index (χ2v) is 6.10. The quantitative estimate of drug-likeness (QED) is 0.809. The van der Waals surface area contributed by atoms with Crippen LogP contribution in [0.15, 0.2) is 18.2 Å². The number of aryl methyl sites for hydroxylation is 1. The molecule has 0 spiro atoms. The van der Waals surface area contributed by atoms with Crippen molar-refractivity contribution in [2.24, 2.45) is 0 Å². The van der Waals surface area contributed by atoms with E-state index >= 15 is 0 Å². The van der Waals surface area contributed by atoms with E-state index in [1.165, 1.54) is 0 Å². The summed E-state index contributed by atoms with van der Waals surface area (Å²) < 4.78 is 5.15. The van der Waals surface area contributed by atoms with Gasteiger partial charge in [-0.25, -0.2) is 4.79 Å². The van der Waals surface area contributed by atoms with Crippen LogP contribution in [-0.2, 0) is 4.74 Å². The topological polar surface area (TPSA) is 50.4 Å². The molecule has 1 rings (SSSR count). The van der Waals surface area contributed by atoms with Crippen molar-refractivity contribution in [2.75, 3.05) is 18.4 Å². The fourth-order valence-corrected chi connectivity index (χ4v) is 1.78. The zero-order valence-corrected chi connectivity index (χ0v) is 13.3. The monoisotopic (exact) mass is 298 g/mol.